The highest BCUT2D eigenvalue weighted by molar-refractivity contribution is 7.99. The molecular weight excluding hydrogens is 372 g/mol. The number of rotatable bonds is 4. The number of carbonyl (C=O) groups is 1. The van der Waals surface area contributed by atoms with Gasteiger partial charge in [-0.2, -0.15) is 0 Å². The molecule has 1 fully saturated rings. The number of benzene rings is 1. The Morgan fingerprint density at radius 2 is 1.89 bits per heavy atom. The SMILES string of the molecule is CC1CCCC(C)N1C(=O)CSc1nnc2cc(-c3ccccc3)nc(N)n12. The van der Waals surface area contributed by atoms with E-state index in [2.05, 4.69) is 29.0 Å². The van der Waals surface area contributed by atoms with E-state index in [1.807, 2.05) is 41.3 Å². The van der Waals surface area contributed by atoms with Crippen molar-refractivity contribution in [2.45, 2.75) is 50.4 Å². The maximum atomic E-state index is 12.8. The van der Waals surface area contributed by atoms with E-state index in [-0.39, 0.29) is 18.0 Å². The predicted molar refractivity (Wildman–Crippen MR) is 111 cm³/mol. The number of nitrogens with two attached hydrogens (primary N) is 1. The van der Waals surface area contributed by atoms with E-state index in [1.54, 1.807) is 4.40 Å². The number of fused-ring (bicyclic) bond motifs is 1. The molecule has 1 aromatic carbocycles. The first-order valence-electron chi connectivity index (χ1n) is 9.55. The normalized spacial score (nSPS) is 19.9. The van der Waals surface area contributed by atoms with Crippen molar-refractivity contribution < 1.29 is 4.79 Å². The number of hydrogen-bond donors (Lipinski definition) is 1. The summed E-state index contributed by atoms with van der Waals surface area (Å²) in [5.41, 5.74) is 8.54. The highest BCUT2D eigenvalue weighted by Crippen LogP contribution is 2.27. The van der Waals surface area contributed by atoms with Gasteiger partial charge in [-0.1, -0.05) is 42.1 Å². The molecule has 1 aliphatic rings. The fourth-order valence-corrected chi connectivity index (χ4v) is 4.70. The van der Waals surface area contributed by atoms with Gasteiger partial charge in [-0.3, -0.25) is 4.79 Å². The maximum Gasteiger partial charge on any atom is 0.233 e. The first kappa shape index (κ1) is 18.7. The summed E-state index contributed by atoms with van der Waals surface area (Å²) in [6, 6.07) is 12.2. The molecule has 28 heavy (non-hydrogen) atoms. The van der Waals surface area contributed by atoms with Crippen LogP contribution in [0.15, 0.2) is 41.6 Å². The van der Waals surface area contributed by atoms with Gasteiger partial charge in [-0.15, -0.1) is 10.2 Å². The third kappa shape index (κ3) is 3.56. The van der Waals surface area contributed by atoms with E-state index < -0.39 is 0 Å². The molecule has 0 bridgehead atoms. The Morgan fingerprint density at radius 3 is 2.61 bits per heavy atom. The van der Waals surface area contributed by atoms with Crippen LogP contribution in [0.3, 0.4) is 0 Å². The van der Waals surface area contributed by atoms with Crippen molar-refractivity contribution in [3.8, 4) is 11.3 Å². The van der Waals surface area contributed by atoms with E-state index in [0.29, 0.717) is 22.5 Å². The Bertz CT molecular complexity index is 979. The van der Waals surface area contributed by atoms with Crippen LogP contribution < -0.4 is 5.73 Å². The lowest BCUT2D eigenvalue weighted by molar-refractivity contribution is -0.134. The van der Waals surface area contributed by atoms with Crippen molar-refractivity contribution in [3.05, 3.63) is 36.4 Å². The molecule has 0 saturated carbocycles. The highest BCUT2D eigenvalue weighted by atomic mass is 32.2. The summed E-state index contributed by atoms with van der Waals surface area (Å²) in [6.07, 6.45) is 3.31. The molecule has 0 radical (unpaired) electrons. The minimum atomic E-state index is 0.133. The molecule has 1 aliphatic heterocycles. The van der Waals surface area contributed by atoms with Crippen molar-refractivity contribution in [2.24, 2.45) is 0 Å². The standard InChI is InChI=1S/C20H24N6OS/c1-13-7-6-8-14(2)25(13)18(27)12-28-20-24-23-17-11-16(22-19(21)26(17)20)15-9-4-3-5-10-15/h3-5,9-11,13-14H,6-8,12H2,1-2H3,(H2,21,22). The number of nitrogen functional groups attached to an aromatic ring is 1. The van der Waals surface area contributed by atoms with Crippen LogP contribution >= 0.6 is 11.8 Å². The van der Waals surface area contributed by atoms with Crippen LogP contribution in [0.5, 0.6) is 0 Å². The molecule has 146 valence electrons. The molecule has 7 nitrogen and oxygen atoms in total. The summed E-state index contributed by atoms with van der Waals surface area (Å²) in [5.74, 6) is 0.764. The second-order valence-corrected chi connectivity index (χ2v) is 8.20. The monoisotopic (exact) mass is 396 g/mol. The van der Waals surface area contributed by atoms with Crippen molar-refractivity contribution in [3.63, 3.8) is 0 Å². The average Bonchev–Trinajstić information content (AvgIpc) is 3.10. The Balaban J connectivity index is 1.54. The quantitative estimate of drug-likeness (QED) is 0.681. The van der Waals surface area contributed by atoms with Gasteiger partial charge in [-0.05, 0) is 33.1 Å². The van der Waals surface area contributed by atoms with Gasteiger partial charge in [0.2, 0.25) is 11.9 Å². The molecule has 2 N–H and O–H groups in total. The Labute approximate surface area is 168 Å². The molecule has 2 unspecified atom stereocenters. The van der Waals surface area contributed by atoms with Gasteiger partial charge in [0.1, 0.15) is 0 Å². The van der Waals surface area contributed by atoms with E-state index >= 15 is 0 Å². The summed E-state index contributed by atoms with van der Waals surface area (Å²) in [7, 11) is 0. The van der Waals surface area contributed by atoms with Crippen LogP contribution in [-0.4, -0.2) is 48.2 Å². The zero-order valence-corrected chi connectivity index (χ0v) is 16.9. The molecule has 4 rings (SSSR count). The van der Waals surface area contributed by atoms with Crippen LogP contribution in [-0.2, 0) is 4.79 Å². The lowest BCUT2D eigenvalue weighted by Gasteiger charge is -2.39. The van der Waals surface area contributed by atoms with Crippen molar-refractivity contribution in [1.29, 1.82) is 0 Å². The number of likely N-dealkylation sites (tertiary alicyclic amines) is 1. The fourth-order valence-electron chi connectivity index (χ4n) is 3.88. The summed E-state index contributed by atoms with van der Waals surface area (Å²) < 4.78 is 1.70. The summed E-state index contributed by atoms with van der Waals surface area (Å²) in [5, 5.41) is 9.05. The Kier molecular flexibility index (Phi) is 5.21. The Morgan fingerprint density at radius 1 is 1.18 bits per heavy atom. The summed E-state index contributed by atoms with van der Waals surface area (Å²) in [4.78, 5) is 19.3. The van der Waals surface area contributed by atoms with Crippen LogP contribution in [0.2, 0.25) is 0 Å². The average molecular weight is 397 g/mol. The highest BCUT2D eigenvalue weighted by Gasteiger charge is 2.29. The van der Waals surface area contributed by atoms with E-state index in [4.69, 9.17) is 5.73 Å². The summed E-state index contributed by atoms with van der Waals surface area (Å²) >= 11 is 1.36. The number of aromatic nitrogens is 4. The third-order valence-electron chi connectivity index (χ3n) is 5.26. The van der Waals surface area contributed by atoms with Gasteiger partial charge in [0.05, 0.1) is 11.4 Å². The van der Waals surface area contributed by atoms with Gasteiger partial charge in [0.15, 0.2) is 10.8 Å². The lowest BCUT2D eigenvalue weighted by Crippen LogP contribution is -2.48. The molecule has 2 aromatic heterocycles. The number of amides is 1. The van der Waals surface area contributed by atoms with Crippen molar-refractivity contribution >= 4 is 29.3 Å². The molecule has 1 amide bonds. The first-order chi connectivity index (χ1) is 13.5. The second kappa shape index (κ2) is 7.79. The van der Waals surface area contributed by atoms with Gasteiger partial charge < -0.3 is 10.6 Å². The van der Waals surface area contributed by atoms with Gasteiger partial charge >= 0.3 is 0 Å². The summed E-state index contributed by atoms with van der Waals surface area (Å²) in [6.45, 7) is 4.25. The van der Waals surface area contributed by atoms with E-state index in [1.165, 1.54) is 18.2 Å². The molecule has 0 aliphatic carbocycles. The number of piperidine rings is 1. The number of anilines is 1. The molecular formula is C20H24N6OS. The minimum absolute atomic E-state index is 0.133. The van der Waals surface area contributed by atoms with Gasteiger partial charge in [0, 0.05) is 23.7 Å². The van der Waals surface area contributed by atoms with Crippen LogP contribution in [0.1, 0.15) is 33.1 Å². The number of carbonyl (C=O) groups excluding carboxylic acids is 1. The molecule has 3 aromatic rings. The molecule has 1 saturated heterocycles. The molecule has 8 heteroatoms. The Hall–Kier alpha value is -2.61. The number of nitrogens with zero attached hydrogens (tertiary/aromatic N) is 5. The fraction of sp³-hybridized carbons (Fsp3) is 0.400. The van der Waals surface area contributed by atoms with Crippen LogP contribution in [0.4, 0.5) is 5.95 Å². The van der Waals surface area contributed by atoms with Crippen LogP contribution in [0, 0.1) is 0 Å². The van der Waals surface area contributed by atoms with Gasteiger partial charge in [0.25, 0.3) is 0 Å². The number of thioether (sulfide) groups is 1. The molecule has 3 heterocycles. The van der Waals surface area contributed by atoms with Crippen LogP contribution in [0.25, 0.3) is 16.9 Å². The van der Waals surface area contributed by atoms with Gasteiger partial charge in [-0.25, -0.2) is 9.38 Å². The zero-order chi connectivity index (χ0) is 19.7. The van der Waals surface area contributed by atoms with Crippen molar-refractivity contribution in [2.75, 3.05) is 11.5 Å². The van der Waals surface area contributed by atoms with Crippen molar-refractivity contribution in [1.82, 2.24) is 24.5 Å². The maximum absolute atomic E-state index is 12.8. The molecule has 2 atom stereocenters. The minimum Gasteiger partial charge on any atom is -0.369 e. The first-order valence-corrected chi connectivity index (χ1v) is 10.5. The third-order valence-corrected chi connectivity index (χ3v) is 6.18. The molecule has 0 spiro atoms. The number of hydrogen-bond acceptors (Lipinski definition) is 6. The smallest absolute Gasteiger partial charge is 0.233 e. The largest absolute Gasteiger partial charge is 0.369 e. The predicted octanol–water partition coefficient (Wildman–Crippen LogP) is 3.26. The topological polar surface area (TPSA) is 89.4 Å². The zero-order valence-electron chi connectivity index (χ0n) is 16.1. The second-order valence-electron chi connectivity index (χ2n) is 7.26. The van der Waals surface area contributed by atoms with E-state index in [9.17, 15) is 4.79 Å². The lowest BCUT2D eigenvalue weighted by atomic mass is 9.98. The van der Waals surface area contributed by atoms with E-state index in [0.717, 1.165) is 24.1 Å².